The maximum atomic E-state index is 13.4. The molecule has 2 unspecified atom stereocenters. The van der Waals surface area contributed by atoms with Crippen molar-refractivity contribution in [3.8, 4) is 5.75 Å². The molecule has 168 valence electrons. The van der Waals surface area contributed by atoms with E-state index in [1.54, 1.807) is 6.26 Å². The maximum absolute atomic E-state index is 13.4. The van der Waals surface area contributed by atoms with E-state index in [1.807, 2.05) is 24.3 Å². The summed E-state index contributed by atoms with van der Waals surface area (Å²) < 4.78 is 12.5. The van der Waals surface area contributed by atoms with E-state index in [0.717, 1.165) is 43.7 Å². The fourth-order valence-electron chi connectivity index (χ4n) is 5.57. The lowest BCUT2D eigenvalue weighted by Gasteiger charge is -2.35. The first kappa shape index (κ1) is 21.3. The number of rotatable bonds is 5. The van der Waals surface area contributed by atoms with Crippen LogP contribution in [0.4, 0.5) is 0 Å². The Morgan fingerprint density at radius 3 is 2.59 bits per heavy atom. The highest BCUT2D eigenvalue weighted by atomic mass is 16.5. The summed E-state index contributed by atoms with van der Waals surface area (Å²) in [5.74, 6) is 1.48. The molecular formula is C28H33NO3. The van der Waals surface area contributed by atoms with E-state index < -0.39 is 0 Å². The number of piperidine rings is 1. The zero-order valence-corrected chi connectivity index (χ0v) is 19.0. The summed E-state index contributed by atoms with van der Waals surface area (Å²) in [6.07, 6.45) is 9.81. The Hall–Kier alpha value is -2.59. The number of ether oxygens (including phenoxy) is 1. The van der Waals surface area contributed by atoms with Crippen LogP contribution in [-0.4, -0.2) is 25.0 Å². The smallest absolute Gasteiger partial charge is 0.196 e. The highest BCUT2D eigenvalue weighted by molar-refractivity contribution is 5.78. The van der Waals surface area contributed by atoms with Crippen molar-refractivity contribution in [2.45, 2.75) is 57.0 Å². The zero-order chi connectivity index (χ0) is 21.9. The van der Waals surface area contributed by atoms with Gasteiger partial charge in [0.15, 0.2) is 5.43 Å². The van der Waals surface area contributed by atoms with E-state index in [9.17, 15) is 4.79 Å². The van der Waals surface area contributed by atoms with Gasteiger partial charge in [0.05, 0.1) is 11.6 Å². The fraction of sp³-hybridized carbons (Fsp3) is 0.464. The van der Waals surface area contributed by atoms with Crippen LogP contribution in [0.15, 0.2) is 64.0 Å². The summed E-state index contributed by atoms with van der Waals surface area (Å²) in [6.45, 7) is 2.15. The Kier molecular flexibility index (Phi) is 6.31. The second kappa shape index (κ2) is 9.50. The molecule has 2 fully saturated rings. The monoisotopic (exact) mass is 431 g/mol. The van der Waals surface area contributed by atoms with Crippen molar-refractivity contribution in [3.63, 3.8) is 0 Å². The number of nitrogens with zero attached hydrogens (tertiary/aromatic N) is 1. The van der Waals surface area contributed by atoms with E-state index in [0.29, 0.717) is 22.8 Å². The van der Waals surface area contributed by atoms with Crippen LogP contribution < -0.4 is 10.2 Å². The first-order chi connectivity index (χ1) is 15.7. The number of fused-ring (bicyclic) bond motifs is 1. The molecule has 0 bridgehead atoms. The Labute approximate surface area is 190 Å². The summed E-state index contributed by atoms with van der Waals surface area (Å²) in [4.78, 5) is 15.7. The molecule has 4 heteroatoms. The average Bonchev–Trinajstić information content (AvgIpc) is 2.84. The second-order valence-electron chi connectivity index (χ2n) is 9.63. The van der Waals surface area contributed by atoms with Gasteiger partial charge in [-0.1, -0.05) is 49.6 Å². The Bertz CT molecular complexity index is 1100. The first-order valence-corrected chi connectivity index (χ1v) is 12.1. The second-order valence-corrected chi connectivity index (χ2v) is 9.63. The van der Waals surface area contributed by atoms with E-state index >= 15 is 0 Å². The summed E-state index contributed by atoms with van der Waals surface area (Å²) in [6, 6.07) is 16.2. The van der Waals surface area contributed by atoms with E-state index in [1.165, 1.54) is 31.2 Å². The van der Waals surface area contributed by atoms with Crippen LogP contribution in [0.1, 0.15) is 68.1 Å². The van der Waals surface area contributed by atoms with Gasteiger partial charge in [-0.3, -0.25) is 4.79 Å². The Morgan fingerprint density at radius 2 is 1.81 bits per heavy atom. The van der Waals surface area contributed by atoms with Crippen molar-refractivity contribution in [2.24, 2.45) is 5.92 Å². The Morgan fingerprint density at radius 1 is 1.00 bits per heavy atom. The number of hydrogen-bond donors (Lipinski definition) is 0. The Balaban J connectivity index is 1.48. The topological polar surface area (TPSA) is 42.7 Å². The van der Waals surface area contributed by atoms with Crippen LogP contribution in [0.2, 0.25) is 0 Å². The summed E-state index contributed by atoms with van der Waals surface area (Å²) in [5.41, 5.74) is 2.77. The molecule has 2 aromatic carbocycles. The van der Waals surface area contributed by atoms with E-state index in [-0.39, 0.29) is 11.5 Å². The van der Waals surface area contributed by atoms with Crippen molar-refractivity contribution < 1.29 is 9.15 Å². The lowest BCUT2D eigenvalue weighted by atomic mass is 9.84. The fourth-order valence-corrected chi connectivity index (χ4v) is 5.57. The van der Waals surface area contributed by atoms with Gasteiger partial charge in [0.2, 0.25) is 0 Å². The molecular weight excluding hydrogens is 398 g/mol. The highest BCUT2D eigenvalue weighted by Crippen LogP contribution is 2.35. The molecule has 5 rings (SSSR count). The lowest BCUT2D eigenvalue weighted by molar-refractivity contribution is 0.0777. The van der Waals surface area contributed by atoms with Gasteiger partial charge in [0, 0.05) is 18.0 Å². The molecule has 1 aliphatic heterocycles. The summed E-state index contributed by atoms with van der Waals surface area (Å²) >= 11 is 0. The molecule has 2 heterocycles. The molecule has 2 atom stereocenters. The third-order valence-corrected chi connectivity index (χ3v) is 7.30. The molecule has 0 N–H and O–H groups in total. The SMILES string of the molecule is CN1CCCC(C(Oc2ccc3occ(C4CCCCC4)c(=O)c3c2)c2ccccc2)C1. The highest BCUT2D eigenvalue weighted by Gasteiger charge is 2.29. The standard InChI is InChI=1S/C28H33NO3/c1-29-16-8-13-22(18-29)28(21-11-6-3-7-12-21)32-23-14-15-26-24(17-23)27(30)25(19-31-26)20-9-4-2-5-10-20/h3,6-7,11-12,14-15,17,19-20,22,28H,2,4-5,8-10,13,16,18H2,1H3. The van der Waals surface area contributed by atoms with Crippen LogP contribution in [0, 0.1) is 5.92 Å². The van der Waals surface area contributed by atoms with Gasteiger partial charge in [0.1, 0.15) is 17.4 Å². The molecule has 1 aromatic heterocycles. The lowest BCUT2D eigenvalue weighted by Crippen LogP contribution is -2.36. The molecule has 1 aliphatic carbocycles. The quantitative estimate of drug-likeness (QED) is 0.475. The molecule has 32 heavy (non-hydrogen) atoms. The van der Waals surface area contributed by atoms with E-state index in [2.05, 4.69) is 36.2 Å². The van der Waals surface area contributed by atoms with Gasteiger partial charge in [0.25, 0.3) is 0 Å². The maximum Gasteiger partial charge on any atom is 0.196 e. The molecule has 0 radical (unpaired) electrons. The molecule has 0 amide bonds. The molecule has 1 saturated carbocycles. The molecule has 3 aromatic rings. The first-order valence-electron chi connectivity index (χ1n) is 12.1. The van der Waals surface area contributed by atoms with Crippen LogP contribution in [0.3, 0.4) is 0 Å². The third-order valence-electron chi connectivity index (χ3n) is 7.30. The van der Waals surface area contributed by atoms with Crippen molar-refractivity contribution in [3.05, 3.63) is 76.1 Å². The molecule has 2 aliphatic rings. The summed E-state index contributed by atoms with van der Waals surface area (Å²) in [5, 5.41) is 0.637. The predicted molar refractivity (Wildman–Crippen MR) is 128 cm³/mol. The van der Waals surface area contributed by atoms with Gasteiger partial charge in [-0.05, 0) is 69.0 Å². The minimum Gasteiger partial charge on any atom is -0.485 e. The molecule has 0 spiro atoms. The molecule has 4 nitrogen and oxygen atoms in total. The van der Waals surface area contributed by atoms with Gasteiger partial charge in [-0.2, -0.15) is 0 Å². The third kappa shape index (κ3) is 4.47. The number of hydrogen-bond acceptors (Lipinski definition) is 4. The van der Waals surface area contributed by atoms with Crippen LogP contribution in [-0.2, 0) is 0 Å². The van der Waals surface area contributed by atoms with Crippen LogP contribution in [0.5, 0.6) is 5.75 Å². The van der Waals surface area contributed by atoms with Gasteiger partial charge < -0.3 is 14.1 Å². The number of likely N-dealkylation sites (tertiary alicyclic amines) is 1. The van der Waals surface area contributed by atoms with Crippen molar-refractivity contribution in [1.29, 1.82) is 0 Å². The minimum atomic E-state index is -0.0371. The van der Waals surface area contributed by atoms with Gasteiger partial charge in [-0.25, -0.2) is 0 Å². The van der Waals surface area contributed by atoms with Gasteiger partial charge >= 0.3 is 0 Å². The minimum absolute atomic E-state index is 0.0371. The van der Waals surface area contributed by atoms with Crippen molar-refractivity contribution in [2.75, 3.05) is 20.1 Å². The van der Waals surface area contributed by atoms with Crippen molar-refractivity contribution >= 4 is 11.0 Å². The average molecular weight is 432 g/mol. The zero-order valence-electron chi connectivity index (χ0n) is 19.0. The summed E-state index contributed by atoms with van der Waals surface area (Å²) in [7, 11) is 2.18. The largest absolute Gasteiger partial charge is 0.485 e. The predicted octanol–water partition coefficient (Wildman–Crippen LogP) is 6.30. The van der Waals surface area contributed by atoms with Crippen LogP contribution in [0.25, 0.3) is 11.0 Å². The number of benzene rings is 2. The van der Waals surface area contributed by atoms with Crippen molar-refractivity contribution in [1.82, 2.24) is 4.90 Å². The van der Waals surface area contributed by atoms with E-state index in [4.69, 9.17) is 9.15 Å². The molecule has 1 saturated heterocycles. The normalized spacial score (nSPS) is 21.5. The van der Waals surface area contributed by atoms with Gasteiger partial charge in [-0.15, -0.1) is 0 Å². The van der Waals surface area contributed by atoms with Crippen LogP contribution >= 0.6 is 0 Å².